The van der Waals surface area contributed by atoms with Crippen LogP contribution in [0.1, 0.15) is 56.1 Å². The molecule has 2 N–H and O–H groups in total. The van der Waals surface area contributed by atoms with Gasteiger partial charge in [-0.25, -0.2) is 4.98 Å². The first-order valence-electron chi connectivity index (χ1n) is 7.18. The number of thiazole rings is 1. The fraction of sp³-hybridized carbons (Fsp3) is 0.786. The molecule has 0 amide bonds. The van der Waals surface area contributed by atoms with E-state index in [9.17, 15) is 0 Å². The van der Waals surface area contributed by atoms with Crippen LogP contribution in [0.25, 0.3) is 0 Å². The van der Waals surface area contributed by atoms with Gasteiger partial charge in [-0.05, 0) is 38.0 Å². The van der Waals surface area contributed by atoms with Gasteiger partial charge < -0.3 is 10.6 Å². The molecule has 0 spiro atoms. The van der Waals surface area contributed by atoms with E-state index in [0.717, 1.165) is 6.42 Å². The van der Waals surface area contributed by atoms with Gasteiger partial charge in [0.1, 0.15) is 0 Å². The van der Waals surface area contributed by atoms with E-state index in [2.05, 4.69) is 18.7 Å². The van der Waals surface area contributed by atoms with E-state index >= 15 is 0 Å². The van der Waals surface area contributed by atoms with Crippen LogP contribution < -0.4 is 10.6 Å². The summed E-state index contributed by atoms with van der Waals surface area (Å²) in [5.41, 5.74) is 7.37. The number of fused-ring (bicyclic) bond motifs is 1. The Morgan fingerprint density at radius 2 is 2.17 bits per heavy atom. The van der Waals surface area contributed by atoms with Gasteiger partial charge in [0.2, 0.25) is 0 Å². The molecule has 0 saturated carbocycles. The standard InChI is InChI=1S/C14H23N3S/c1-9(2)11-6-4-8-17(11)14-16-13-10(15)5-3-7-12(13)18-14/h9-11H,3-8,15H2,1-2H3. The second kappa shape index (κ2) is 4.82. The number of rotatable bonds is 2. The largest absolute Gasteiger partial charge is 0.345 e. The van der Waals surface area contributed by atoms with Gasteiger partial charge in [-0.3, -0.25) is 0 Å². The van der Waals surface area contributed by atoms with E-state index in [1.165, 1.54) is 47.9 Å². The monoisotopic (exact) mass is 265 g/mol. The molecule has 2 heterocycles. The van der Waals surface area contributed by atoms with Gasteiger partial charge in [0.05, 0.1) is 5.69 Å². The summed E-state index contributed by atoms with van der Waals surface area (Å²) < 4.78 is 0. The average molecular weight is 265 g/mol. The Morgan fingerprint density at radius 3 is 2.89 bits per heavy atom. The second-order valence-corrected chi connectivity index (χ2v) is 7.01. The molecule has 1 aromatic heterocycles. The molecule has 4 heteroatoms. The summed E-state index contributed by atoms with van der Waals surface area (Å²) in [6.45, 7) is 5.81. The summed E-state index contributed by atoms with van der Waals surface area (Å²) >= 11 is 1.89. The summed E-state index contributed by atoms with van der Waals surface area (Å²) in [6.07, 6.45) is 6.13. The minimum atomic E-state index is 0.179. The van der Waals surface area contributed by atoms with Crippen molar-refractivity contribution in [2.45, 2.75) is 58.0 Å². The highest BCUT2D eigenvalue weighted by molar-refractivity contribution is 7.15. The lowest BCUT2D eigenvalue weighted by Crippen LogP contribution is -2.33. The molecular weight excluding hydrogens is 242 g/mol. The van der Waals surface area contributed by atoms with Crippen molar-refractivity contribution in [1.29, 1.82) is 0 Å². The molecule has 3 rings (SSSR count). The Hall–Kier alpha value is -0.610. The zero-order valence-corrected chi connectivity index (χ0v) is 12.2. The number of hydrogen-bond acceptors (Lipinski definition) is 4. The van der Waals surface area contributed by atoms with E-state index in [1.807, 2.05) is 11.3 Å². The van der Waals surface area contributed by atoms with Crippen molar-refractivity contribution in [3.63, 3.8) is 0 Å². The number of aromatic nitrogens is 1. The van der Waals surface area contributed by atoms with Crippen LogP contribution in [0.2, 0.25) is 0 Å². The third-order valence-electron chi connectivity index (χ3n) is 4.30. The van der Waals surface area contributed by atoms with Crippen LogP contribution in [0.5, 0.6) is 0 Å². The Labute approximate surface area is 113 Å². The molecule has 2 aliphatic rings. The highest BCUT2D eigenvalue weighted by Gasteiger charge is 2.31. The second-order valence-electron chi connectivity index (χ2n) is 5.95. The van der Waals surface area contributed by atoms with Gasteiger partial charge in [-0.2, -0.15) is 0 Å². The van der Waals surface area contributed by atoms with Crippen molar-refractivity contribution in [3.05, 3.63) is 10.6 Å². The minimum absolute atomic E-state index is 0.179. The van der Waals surface area contributed by atoms with Crippen molar-refractivity contribution in [1.82, 2.24) is 4.98 Å². The molecule has 1 aliphatic carbocycles. The van der Waals surface area contributed by atoms with Crippen molar-refractivity contribution in [3.8, 4) is 0 Å². The van der Waals surface area contributed by atoms with Crippen molar-refractivity contribution in [2.75, 3.05) is 11.4 Å². The van der Waals surface area contributed by atoms with Crippen LogP contribution in [0.15, 0.2) is 0 Å². The maximum absolute atomic E-state index is 6.18. The first-order chi connectivity index (χ1) is 8.66. The zero-order chi connectivity index (χ0) is 12.7. The van der Waals surface area contributed by atoms with E-state index in [1.54, 1.807) is 0 Å². The predicted octanol–water partition coefficient (Wildman–Crippen LogP) is 3.10. The number of hydrogen-bond donors (Lipinski definition) is 1. The molecular formula is C14H23N3S. The number of nitrogens with two attached hydrogens (primary N) is 1. The molecule has 18 heavy (non-hydrogen) atoms. The van der Waals surface area contributed by atoms with Crippen molar-refractivity contribution in [2.24, 2.45) is 11.7 Å². The quantitative estimate of drug-likeness (QED) is 0.893. The zero-order valence-electron chi connectivity index (χ0n) is 11.4. The number of nitrogens with zero attached hydrogens (tertiary/aromatic N) is 2. The molecule has 0 aromatic carbocycles. The molecule has 0 bridgehead atoms. The summed E-state index contributed by atoms with van der Waals surface area (Å²) in [5.74, 6) is 0.710. The van der Waals surface area contributed by atoms with Gasteiger partial charge >= 0.3 is 0 Å². The highest BCUT2D eigenvalue weighted by Crippen LogP contribution is 2.38. The lowest BCUT2D eigenvalue weighted by molar-refractivity contribution is 0.490. The fourth-order valence-corrected chi connectivity index (χ4v) is 4.54. The summed E-state index contributed by atoms with van der Waals surface area (Å²) in [6, 6.07) is 0.854. The molecule has 1 saturated heterocycles. The third-order valence-corrected chi connectivity index (χ3v) is 5.47. The molecule has 0 radical (unpaired) electrons. The van der Waals surface area contributed by atoms with Crippen LogP contribution in [0.4, 0.5) is 5.13 Å². The summed E-state index contributed by atoms with van der Waals surface area (Å²) in [7, 11) is 0. The number of aryl methyl sites for hydroxylation is 1. The summed E-state index contributed by atoms with van der Waals surface area (Å²) in [4.78, 5) is 8.84. The van der Waals surface area contributed by atoms with Crippen molar-refractivity contribution < 1.29 is 0 Å². The first kappa shape index (κ1) is 12.4. The molecule has 2 atom stereocenters. The molecule has 3 nitrogen and oxygen atoms in total. The SMILES string of the molecule is CC(C)C1CCCN1c1nc2c(s1)CCCC2N. The minimum Gasteiger partial charge on any atom is -0.345 e. The molecule has 1 aliphatic heterocycles. The Balaban J connectivity index is 1.88. The fourth-order valence-electron chi connectivity index (χ4n) is 3.28. The average Bonchev–Trinajstić information content (AvgIpc) is 2.95. The van der Waals surface area contributed by atoms with Crippen LogP contribution >= 0.6 is 11.3 Å². The van der Waals surface area contributed by atoms with E-state index in [4.69, 9.17) is 10.7 Å². The Kier molecular flexibility index (Phi) is 3.32. The first-order valence-corrected chi connectivity index (χ1v) is 8.00. The van der Waals surface area contributed by atoms with Crippen LogP contribution in [0, 0.1) is 5.92 Å². The van der Waals surface area contributed by atoms with Gasteiger partial charge in [0.15, 0.2) is 5.13 Å². The van der Waals surface area contributed by atoms with Crippen molar-refractivity contribution >= 4 is 16.5 Å². The van der Waals surface area contributed by atoms with Gasteiger partial charge in [-0.1, -0.05) is 13.8 Å². The topological polar surface area (TPSA) is 42.2 Å². The van der Waals surface area contributed by atoms with E-state index in [0.29, 0.717) is 12.0 Å². The lowest BCUT2D eigenvalue weighted by Gasteiger charge is -2.27. The molecule has 1 fully saturated rings. The maximum Gasteiger partial charge on any atom is 0.186 e. The normalized spacial score (nSPS) is 27.9. The molecule has 2 unspecified atom stereocenters. The van der Waals surface area contributed by atoms with Gasteiger partial charge in [0, 0.05) is 23.5 Å². The van der Waals surface area contributed by atoms with E-state index in [-0.39, 0.29) is 6.04 Å². The third kappa shape index (κ3) is 2.05. The van der Waals surface area contributed by atoms with Crippen LogP contribution in [0.3, 0.4) is 0 Å². The molecule has 100 valence electrons. The highest BCUT2D eigenvalue weighted by atomic mass is 32.1. The smallest absolute Gasteiger partial charge is 0.186 e. The Bertz CT molecular complexity index is 427. The number of anilines is 1. The molecule has 1 aromatic rings. The van der Waals surface area contributed by atoms with Crippen LogP contribution in [-0.2, 0) is 6.42 Å². The Morgan fingerprint density at radius 1 is 1.33 bits per heavy atom. The van der Waals surface area contributed by atoms with Gasteiger partial charge in [-0.15, -0.1) is 11.3 Å². The predicted molar refractivity (Wildman–Crippen MR) is 77.2 cm³/mol. The summed E-state index contributed by atoms with van der Waals surface area (Å²) in [5, 5.41) is 1.23. The van der Waals surface area contributed by atoms with Crippen LogP contribution in [-0.4, -0.2) is 17.6 Å². The van der Waals surface area contributed by atoms with Gasteiger partial charge in [0.25, 0.3) is 0 Å². The van der Waals surface area contributed by atoms with E-state index < -0.39 is 0 Å². The lowest BCUT2D eigenvalue weighted by atomic mass is 9.99. The maximum atomic E-state index is 6.18.